The number of halogens is 2. The molecule has 162 valence electrons. The van der Waals surface area contributed by atoms with Gasteiger partial charge in [-0.05, 0) is 32.9 Å². The molecule has 0 bridgehead atoms. The number of hydrogen-bond acceptors (Lipinski definition) is 8. The average molecular weight is 431 g/mol. The van der Waals surface area contributed by atoms with Crippen molar-refractivity contribution in [2.75, 3.05) is 12.4 Å². The van der Waals surface area contributed by atoms with E-state index in [0.29, 0.717) is 0 Å². The number of hydrogen-bond donors (Lipinski definition) is 1. The van der Waals surface area contributed by atoms with Crippen molar-refractivity contribution < 1.29 is 27.8 Å². The van der Waals surface area contributed by atoms with Crippen molar-refractivity contribution in [2.24, 2.45) is 0 Å². The Labute approximate surface area is 176 Å². The summed E-state index contributed by atoms with van der Waals surface area (Å²) in [7, 11) is 1.13. The van der Waals surface area contributed by atoms with Crippen LogP contribution in [0.25, 0.3) is 11.3 Å². The molecule has 3 aromatic rings. The van der Waals surface area contributed by atoms with Crippen LogP contribution in [0, 0.1) is 11.6 Å². The van der Waals surface area contributed by atoms with Gasteiger partial charge >= 0.3 is 12.1 Å². The number of nitrogens with zero attached hydrogens (tertiary/aromatic N) is 4. The average Bonchev–Trinajstić information content (AvgIpc) is 3.16. The molecule has 0 radical (unpaired) electrons. The lowest BCUT2D eigenvalue weighted by atomic mass is 10.1. The van der Waals surface area contributed by atoms with Gasteiger partial charge in [0.25, 0.3) is 0 Å². The molecule has 1 aromatic carbocycles. The largest absolute Gasteiger partial charge is 0.465 e. The lowest BCUT2D eigenvalue weighted by Gasteiger charge is -2.18. The van der Waals surface area contributed by atoms with Crippen molar-refractivity contribution in [2.45, 2.75) is 26.4 Å². The maximum Gasteiger partial charge on any atom is 0.435 e. The molecule has 0 aliphatic rings. The second kappa shape index (κ2) is 8.46. The third kappa shape index (κ3) is 5.18. The highest BCUT2D eigenvalue weighted by Gasteiger charge is 2.19. The van der Waals surface area contributed by atoms with Crippen molar-refractivity contribution >= 4 is 23.8 Å². The first kappa shape index (κ1) is 21.8. The molecule has 0 aliphatic heterocycles. The molecule has 0 unspecified atom stereocenters. The van der Waals surface area contributed by atoms with Crippen LogP contribution in [0.2, 0.25) is 0 Å². The van der Waals surface area contributed by atoms with E-state index in [1.54, 1.807) is 20.8 Å². The summed E-state index contributed by atoms with van der Waals surface area (Å²) in [6.07, 6.45) is 1.60. The smallest absolute Gasteiger partial charge is 0.435 e. The van der Waals surface area contributed by atoms with Gasteiger partial charge < -0.3 is 14.8 Å². The van der Waals surface area contributed by atoms with E-state index in [-0.39, 0.29) is 28.6 Å². The number of carbonyl (C=O) groups excluding carboxylic acids is 2. The summed E-state index contributed by atoms with van der Waals surface area (Å²) in [6, 6.07) is 4.95. The molecule has 3 rings (SSSR count). The summed E-state index contributed by atoms with van der Waals surface area (Å²) in [5.74, 6) is -2.36. The van der Waals surface area contributed by atoms with Crippen molar-refractivity contribution in [1.29, 1.82) is 0 Å². The number of ether oxygens (including phenoxy) is 2. The molecule has 0 spiro atoms. The third-order valence-electron chi connectivity index (χ3n) is 3.80. The van der Waals surface area contributed by atoms with Crippen LogP contribution in [-0.4, -0.2) is 44.5 Å². The van der Waals surface area contributed by atoms with Crippen molar-refractivity contribution in [1.82, 2.24) is 19.7 Å². The van der Waals surface area contributed by atoms with Crippen molar-refractivity contribution in [3.63, 3.8) is 0 Å². The quantitative estimate of drug-likeness (QED) is 0.619. The first-order chi connectivity index (χ1) is 14.6. The fourth-order valence-corrected chi connectivity index (χ4v) is 2.48. The molecule has 0 fully saturated rings. The topological polar surface area (TPSA) is 108 Å². The molecule has 9 nitrogen and oxygen atoms in total. The van der Waals surface area contributed by atoms with Crippen LogP contribution in [0.4, 0.5) is 25.3 Å². The monoisotopic (exact) mass is 431 g/mol. The zero-order valence-corrected chi connectivity index (χ0v) is 17.1. The summed E-state index contributed by atoms with van der Waals surface area (Å²) in [5, 5.41) is 6.75. The van der Waals surface area contributed by atoms with E-state index in [0.717, 1.165) is 24.1 Å². The highest BCUT2D eigenvalue weighted by molar-refractivity contribution is 5.90. The van der Waals surface area contributed by atoms with Crippen LogP contribution in [-0.2, 0) is 9.47 Å². The first-order valence-corrected chi connectivity index (χ1v) is 9.04. The Bertz CT molecular complexity index is 1140. The van der Waals surface area contributed by atoms with Crippen LogP contribution < -0.4 is 5.32 Å². The highest BCUT2D eigenvalue weighted by Crippen LogP contribution is 2.24. The summed E-state index contributed by atoms with van der Waals surface area (Å²) in [4.78, 5) is 31.4. The molecule has 2 aromatic heterocycles. The van der Waals surface area contributed by atoms with Gasteiger partial charge in [0, 0.05) is 17.8 Å². The zero-order chi connectivity index (χ0) is 22.8. The van der Waals surface area contributed by atoms with E-state index < -0.39 is 29.3 Å². The van der Waals surface area contributed by atoms with E-state index in [1.165, 1.54) is 24.4 Å². The van der Waals surface area contributed by atoms with Gasteiger partial charge in [-0.2, -0.15) is 4.68 Å². The standard InChI is InChI=1S/C20H19F2N5O4/c1-20(2,3)31-19(29)27-8-7-15(26-27)24-18-23-10-14(22)16(25-18)11-5-6-12(13(21)9-11)17(28)30-4/h5-10H,1-4H3,(H,23,24,25,26). The molecular formula is C20H19F2N5O4. The molecule has 0 atom stereocenters. The minimum Gasteiger partial charge on any atom is -0.465 e. The summed E-state index contributed by atoms with van der Waals surface area (Å²) >= 11 is 0. The number of aromatic nitrogens is 4. The van der Waals surface area contributed by atoms with Gasteiger partial charge in [-0.1, -0.05) is 6.07 Å². The van der Waals surface area contributed by atoms with E-state index >= 15 is 0 Å². The third-order valence-corrected chi connectivity index (χ3v) is 3.80. The fourth-order valence-electron chi connectivity index (χ4n) is 2.48. The Kier molecular flexibility index (Phi) is 5.95. The van der Waals surface area contributed by atoms with Crippen LogP contribution in [0.5, 0.6) is 0 Å². The molecule has 31 heavy (non-hydrogen) atoms. The normalized spacial score (nSPS) is 11.2. The second-order valence-corrected chi connectivity index (χ2v) is 7.33. The molecule has 1 N–H and O–H groups in total. The molecule has 0 aliphatic carbocycles. The summed E-state index contributed by atoms with van der Waals surface area (Å²) in [6.45, 7) is 5.17. The number of anilines is 2. The van der Waals surface area contributed by atoms with Gasteiger partial charge in [-0.3, -0.25) is 0 Å². The van der Waals surface area contributed by atoms with Gasteiger partial charge in [0.2, 0.25) is 5.95 Å². The Morgan fingerprint density at radius 3 is 2.52 bits per heavy atom. The Hall–Kier alpha value is -3.89. The lowest BCUT2D eigenvalue weighted by molar-refractivity contribution is 0.0514. The Morgan fingerprint density at radius 1 is 1.13 bits per heavy atom. The molecule has 2 heterocycles. The van der Waals surface area contributed by atoms with Gasteiger partial charge in [0.15, 0.2) is 11.6 Å². The molecule has 0 amide bonds. The summed E-state index contributed by atoms with van der Waals surface area (Å²) in [5.41, 5.74) is -1.08. The predicted octanol–water partition coefficient (Wildman–Crippen LogP) is 3.93. The minimum absolute atomic E-state index is 0.0386. The minimum atomic E-state index is -0.882. The number of benzene rings is 1. The molecule has 0 saturated heterocycles. The maximum absolute atomic E-state index is 14.3. The maximum atomic E-state index is 14.3. The summed E-state index contributed by atoms with van der Waals surface area (Å²) < 4.78 is 39.2. The van der Waals surface area contributed by atoms with E-state index in [1.807, 2.05) is 0 Å². The van der Waals surface area contributed by atoms with E-state index in [2.05, 4.69) is 25.1 Å². The number of nitrogens with one attached hydrogen (secondary N) is 1. The number of esters is 1. The number of carbonyl (C=O) groups is 2. The predicted molar refractivity (Wildman–Crippen MR) is 106 cm³/mol. The number of rotatable bonds is 4. The fraction of sp³-hybridized carbons (Fsp3) is 0.250. The second-order valence-electron chi connectivity index (χ2n) is 7.33. The van der Waals surface area contributed by atoms with Gasteiger partial charge in [-0.25, -0.2) is 28.3 Å². The zero-order valence-electron chi connectivity index (χ0n) is 17.1. The van der Waals surface area contributed by atoms with Gasteiger partial charge in [0.05, 0.1) is 18.9 Å². The SMILES string of the molecule is COC(=O)c1ccc(-c2nc(Nc3ccn(C(=O)OC(C)(C)C)n3)ncc2F)cc1F. The lowest BCUT2D eigenvalue weighted by Crippen LogP contribution is -2.27. The van der Waals surface area contributed by atoms with Gasteiger partial charge in [-0.15, -0.1) is 5.10 Å². The molecule has 11 heteroatoms. The van der Waals surface area contributed by atoms with Crippen LogP contribution >= 0.6 is 0 Å². The van der Waals surface area contributed by atoms with Gasteiger partial charge in [0.1, 0.15) is 17.1 Å². The Morgan fingerprint density at radius 2 is 1.87 bits per heavy atom. The van der Waals surface area contributed by atoms with Crippen LogP contribution in [0.1, 0.15) is 31.1 Å². The van der Waals surface area contributed by atoms with Crippen LogP contribution in [0.3, 0.4) is 0 Å². The Balaban J connectivity index is 1.83. The van der Waals surface area contributed by atoms with Crippen molar-refractivity contribution in [3.8, 4) is 11.3 Å². The number of methoxy groups -OCH3 is 1. The first-order valence-electron chi connectivity index (χ1n) is 9.04. The molecular weight excluding hydrogens is 412 g/mol. The van der Waals surface area contributed by atoms with Crippen molar-refractivity contribution in [3.05, 3.63) is 53.9 Å². The van der Waals surface area contributed by atoms with E-state index in [9.17, 15) is 18.4 Å². The van der Waals surface area contributed by atoms with Crippen LogP contribution in [0.15, 0.2) is 36.7 Å². The highest BCUT2D eigenvalue weighted by atomic mass is 19.1. The van der Waals surface area contributed by atoms with E-state index in [4.69, 9.17) is 4.74 Å². The molecule has 0 saturated carbocycles.